The highest BCUT2D eigenvalue weighted by Crippen LogP contribution is 2.51. The number of amides is 2. The molecule has 1 saturated heterocycles. The Morgan fingerprint density at radius 3 is 2.41 bits per heavy atom. The average molecular weight is 615 g/mol. The summed E-state index contributed by atoms with van der Waals surface area (Å²) in [6.45, 7) is 3.41. The van der Waals surface area contributed by atoms with Gasteiger partial charge in [0.15, 0.2) is 0 Å². The number of anilines is 1. The van der Waals surface area contributed by atoms with Crippen LogP contribution < -0.4 is 14.4 Å². The highest BCUT2D eigenvalue weighted by molar-refractivity contribution is 8.00. The lowest BCUT2D eigenvalue weighted by atomic mass is 9.98. The number of carbonyl (C=O) groups excluding carboxylic acids is 2. The van der Waals surface area contributed by atoms with Crippen molar-refractivity contribution in [1.29, 1.82) is 0 Å². The molecule has 1 fully saturated rings. The van der Waals surface area contributed by atoms with Crippen molar-refractivity contribution in [3.63, 3.8) is 0 Å². The molecule has 0 unspecified atom stereocenters. The molecule has 0 N–H and O–H groups in total. The zero-order valence-electron chi connectivity index (χ0n) is 25.0. The van der Waals surface area contributed by atoms with E-state index in [0.717, 1.165) is 29.5 Å². The Balaban J connectivity index is 1.59. The molecular weight excluding hydrogens is 579 g/mol. The zero-order valence-corrected chi connectivity index (χ0v) is 25.9. The normalized spacial score (nSPS) is 17.3. The molecule has 0 radical (unpaired) electrons. The van der Waals surface area contributed by atoms with Crippen molar-refractivity contribution < 1.29 is 23.5 Å². The summed E-state index contributed by atoms with van der Waals surface area (Å²) in [5, 5.41) is 4.68. The molecule has 0 saturated carbocycles. The third-order valence-corrected chi connectivity index (χ3v) is 9.59. The van der Waals surface area contributed by atoms with Crippen LogP contribution in [0.15, 0.2) is 72.8 Å². The van der Waals surface area contributed by atoms with E-state index in [4.69, 9.17) is 14.6 Å². The van der Waals surface area contributed by atoms with Crippen molar-refractivity contribution in [1.82, 2.24) is 14.7 Å². The van der Waals surface area contributed by atoms with Crippen LogP contribution in [-0.4, -0.2) is 66.1 Å². The number of likely N-dealkylation sites (tertiary alicyclic amines) is 1. The second-order valence-corrected chi connectivity index (χ2v) is 12.3. The van der Waals surface area contributed by atoms with Gasteiger partial charge < -0.3 is 14.4 Å². The van der Waals surface area contributed by atoms with E-state index in [9.17, 15) is 14.0 Å². The first kappa shape index (κ1) is 29.7. The standard InChI is InChI=1S/C34H35FN4O4S/c1-22-15-17-37(18-16-22)29(40)20-38-30(41)21-44-33(27-19-26(42-2)13-14-28(27)43-3)31-32(23-7-5-4-6-8-23)36-39(34(31)38)25-11-9-24(35)10-12-25/h4-14,19,22,33H,15-18,20-21H2,1-3H3/t33-/m0/s1. The van der Waals surface area contributed by atoms with Crippen molar-refractivity contribution in [2.75, 3.05) is 44.5 Å². The monoisotopic (exact) mass is 614 g/mol. The largest absolute Gasteiger partial charge is 0.497 e. The molecule has 2 aliphatic heterocycles. The molecule has 6 rings (SSSR count). The number of hydrogen-bond acceptors (Lipinski definition) is 6. The number of aromatic nitrogens is 2. The van der Waals surface area contributed by atoms with Crippen molar-refractivity contribution in [2.45, 2.75) is 25.0 Å². The molecule has 8 nitrogen and oxygen atoms in total. The molecule has 10 heteroatoms. The summed E-state index contributed by atoms with van der Waals surface area (Å²) < 4.78 is 27.2. The maximum Gasteiger partial charge on any atom is 0.242 e. The molecule has 1 atom stereocenters. The van der Waals surface area contributed by atoms with Crippen LogP contribution >= 0.6 is 11.8 Å². The maximum atomic E-state index is 14.1. The Morgan fingerprint density at radius 2 is 1.73 bits per heavy atom. The SMILES string of the molecule is COc1ccc(OC)c([C@@H]2SCC(=O)N(CC(=O)N3CCC(C)CC3)c3c2c(-c2ccccc2)nn3-c2ccc(F)cc2)c1. The first-order chi connectivity index (χ1) is 21.4. The molecule has 1 aromatic heterocycles. The smallest absolute Gasteiger partial charge is 0.242 e. The summed E-state index contributed by atoms with van der Waals surface area (Å²) in [5.41, 5.74) is 3.67. The summed E-state index contributed by atoms with van der Waals surface area (Å²) in [7, 11) is 3.22. The van der Waals surface area contributed by atoms with E-state index in [2.05, 4.69) is 6.92 Å². The predicted molar refractivity (Wildman–Crippen MR) is 170 cm³/mol. The maximum absolute atomic E-state index is 14.1. The molecule has 3 heterocycles. The van der Waals surface area contributed by atoms with E-state index in [0.29, 0.717) is 47.7 Å². The second kappa shape index (κ2) is 12.7. The fraction of sp³-hybridized carbons (Fsp3) is 0.324. The molecule has 44 heavy (non-hydrogen) atoms. The van der Waals surface area contributed by atoms with Crippen LogP contribution in [0.1, 0.15) is 36.1 Å². The van der Waals surface area contributed by atoms with Gasteiger partial charge in [0.05, 0.1) is 36.6 Å². The average Bonchev–Trinajstić information content (AvgIpc) is 3.38. The van der Waals surface area contributed by atoms with E-state index in [1.165, 1.54) is 23.9 Å². The van der Waals surface area contributed by atoms with Crippen LogP contribution in [0.3, 0.4) is 0 Å². The van der Waals surface area contributed by atoms with Gasteiger partial charge in [0, 0.05) is 29.8 Å². The van der Waals surface area contributed by atoms with E-state index < -0.39 is 5.25 Å². The number of methoxy groups -OCH3 is 2. The molecule has 3 aromatic carbocycles. The molecule has 2 amide bonds. The summed E-state index contributed by atoms with van der Waals surface area (Å²) in [5.74, 6) is 1.77. The lowest BCUT2D eigenvalue weighted by Gasteiger charge is -2.32. The predicted octanol–water partition coefficient (Wildman–Crippen LogP) is 6.12. The third-order valence-electron chi connectivity index (χ3n) is 8.36. The summed E-state index contributed by atoms with van der Waals surface area (Å²) in [6, 6.07) is 21.4. The van der Waals surface area contributed by atoms with Crippen LogP contribution in [0.2, 0.25) is 0 Å². The Labute approximate surface area is 260 Å². The quantitative estimate of drug-likeness (QED) is 0.250. The molecule has 228 valence electrons. The van der Waals surface area contributed by atoms with Gasteiger partial charge in [-0.25, -0.2) is 9.07 Å². The number of benzene rings is 3. The van der Waals surface area contributed by atoms with Crippen molar-refractivity contribution in [3.05, 3.63) is 89.7 Å². The molecule has 4 aromatic rings. The van der Waals surface area contributed by atoms with Crippen LogP contribution in [0.4, 0.5) is 10.2 Å². The summed E-state index contributed by atoms with van der Waals surface area (Å²) >= 11 is 1.46. The molecule has 0 spiro atoms. The number of fused-ring (bicyclic) bond motifs is 1. The van der Waals surface area contributed by atoms with Gasteiger partial charge in [0.25, 0.3) is 0 Å². The zero-order chi connectivity index (χ0) is 30.8. The van der Waals surface area contributed by atoms with Crippen LogP contribution in [-0.2, 0) is 9.59 Å². The van der Waals surface area contributed by atoms with Gasteiger partial charge in [-0.05, 0) is 61.2 Å². The first-order valence-electron chi connectivity index (χ1n) is 14.7. The summed E-state index contributed by atoms with van der Waals surface area (Å²) in [4.78, 5) is 31.2. The number of piperidine rings is 1. The minimum absolute atomic E-state index is 0.105. The van der Waals surface area contributed by atoms with Crippen molar-refractivity contribution in [2.24, 2.45) is 5.92 Å². The van der Waals surface area contributed by atoms with Crippen molar-refractivity contribution in [3.8, 4) is 28.4 Å². The van der Waals surface area contributed by atoms with Gasteiger partial charge >= 0.3 is 0 Å². The van der Waals surface area contributed by atoms with E-state index >= 15 is 0 Å². The Morgan fingerprint density at radius 1 is 1.00 bits per heavy atom. The van der Waals surface area contributed by atoms with Crippen LogP contribution in [0.25, 0.3) is 16.9 Å². The molecular formula is C34H35FN4O4S. The van der Waals surface area contributed by atoms with E-state index in [1.807, 2.05) is 53.4 Å². The number of thioether (sulfide) groups is 1. The fourth-order valence-corrected chi connectivity index (χ4v) is 7.09. The number of nitrogens with zero attached hydrogens (tertiary/aromatic N) is 4. The summed E-state index contributed by atoms with van der Waals surface area (Å²) in [6.07, 6.45) is 1.87. The lowest BCUT2D eigenvalue weighted by molar-refractivity contribution is -0.132. The first-order valence-corrected chi connectivity index (χ1v) is 15.8. The Kier molecular flexibility index (Phi) is 8.61. The number of rotatable bonds is 7. The number of ether oxygens (including phenoxy) is 2. The van der Waals surface area contributed by atoms with E-state index in [-0.39, 0.29) is 29.9 Å². The van der Waals surface area contributed by atoms with E-state index in [1.54, 1.807) is 35.9 Å². The Bertz CT molecular complexity index is 1650. The van der Waals surface area contributed by atoms with Crippen LogP contribution in [0.5, 0.6) is 11.5 Å². The molecule has 0 aliphatic carbocycles. The van der Waals surface area contributed by atoms with Crippen molar-refractivity contribution >= 4 is 29.4 Å². The van der Waals surface area contributed by atoms with Gasteiger partial charge in [-0.3, -0.25) is 14.5 Å². The topological polar surface area (TPSA) is 76.9 Å². The van der Waals surface area contributed by atoms with Gasteiger partial charge in [-0.1, -0.05) is 37.3 Å². The van der Waals surface area contributed by atoms with Gasteiger partial charge in [-0.2, -0.15) is 5.10 Å². The highest BCUT2D eigenvalue weighted by atomic mass is 32.2. The third kappa shape index (κ3) is 5.78. The lowest BCUT2D eigenvalue weighted by Crippen LogP contribution is -2.46. The number of hydrogen-bond donors (Lipinski definition) is 0. The minimum atomic E-state index is -0.403. The van der Waals surface area contributed by atoms with Gasteiger partial charge in [0.1, 0.15) is 29.7 Å². The van der Waals surface area contributed by atoms with Gasteiger partial charge in [-0.15, -0.1) is 11.8 Å². The Hall–Kier alpha value is -4.31. The van der Waals surface area contributed by atoms with Gasteiger partial charge in [0.2, 0.25) is 11.8 Å². The molecule has 0 bridgehead atoms. The number of carbonyl (C=O) groups is 2. The fourth-order valence-electron chi connectivity index (χ4n) is 5.87. The number of halogens is 1. The molecule has 2 aliphatic rings. The minimum Gasteiger partial charge on any atom is -0.497 e. The van der Waals surface area contributed by atoms with Crippen LogP contribution in [0, 0.1) is 11.7 Å². The highest BCUT2D eigenvalue weighted by Gasteiger charge is 2.39. The second-order valence-electron chi connectivity index (χ2n) is 11.2.